The van der Waals surface area contributed by atoms with Crippen LogP contribution < -0.4 is 19.5 Å². The molecule has 1 heterocycles. The number of ketones is 1. The number of ether oxygens (including phenoxy) is 3. The highest BCUT2D eigenvalue weighted by molar-refractivity contribution is 6.43. The zero-order valence-corrected chi connectivity index (χ0v) is 25.7. The number of hydrogen-bond donors (Lipinski definition) is 2. The molecule has 0 aliphatic carbocycles. The third kappa shape index (κ3) is 8.38. The van der Waals surface area contributed by atoms with E-state index in [1.807, 2.05) is 36.4 Å². The molecule has 9 nitrogen and oxygen atoms in total. The average Bonchev–Trinajstić information content (AvgIpc) is 3.45. The van der Waals surface area contributed by atoms with E-state index in [1.165, 1.54) is 49.5 Å². The normalized spacial score (nSPS) is 16.1. The molecule has 1 aliphatic rings. The first kappa shape index (κ1) is 32.5. The molecule has 2 N–H and O–H groups in total. The van der Waals surface area contributed by atoms with E-state index in [2.05, 4.69) is 29.6 Å². The summed E-state index contributed by atoms with van der Waals surface area (Å²) in [7, 11) is 4.28. The SMILES string of the molecule is COc1cc(C(=O)C(=O)N2C[C@H](O)CC2C(=O)NC(CCCc2ccccc2)CCCc2ccccc2)cc(OC)c1OC. The van der Waals surface area contributed by atoms with Gasteiger partial charge < -0.3 is 29.5 Å². The third-order valence-electron chi connectivity index (χ3n) is 8.03. The zero-order valence-electron chi connectivity index (χ0n) is 25.7. The molecule has 0 aromatic heterocycles. The number of carbonyl (C=O) groups is 3. The van der Waals surface area contributed by atoms with Crippen LogP contribution in [-0.2, 0) is 22.4 Å². The molecule has 1 aliphatic heterocycles. The molecule has 0 bridgehead atoms. The lowest BCUT2D eigenvalue weighted by Gasteiger charge is -2.26. The Labute approximate surface area is 259 Å². The van der Waals surface area contributed by atoms with Crippen molar-refractivity contribution in [2.24, 2.45) is 0 Å². The Balaban J connectivity index is 1.45. The molecule has 3 aromatic carbocycles. The summed E-state index contributed by atoms with van der Waals surface area (Å²) >= 11 is 0. The van der Waals surface area contributed by atoms with Gasteiger partial charge in [0.15, 0.2) is 11.5 Å². The van der Waals surface area contributed by atoms with E-state index >= 15 is 0 Å². The van der Waals surface area contributed by atoms with E-state index in [4.69, 9.17) is 14.2 Å². The van der Waals surface area contributed by atoms with Crippen LogP contribution in [0.25, 0.3) is 0 Å². The van der Waals surface area contributed by atoms with E-state index in [9.17, 15) is 19.5 Å². The van der Waals surface area contributed by atoms with Gasteiger partial charge in [-0.15, -0.1) is 0 Å². The van der Waals surface area contributed by atoms with Crippen LogP contribution in [0.4, 0.5) is 0 Å². The minimum atomic E-state index is -0.964. The lowest BCUT2D eigenvalue weighted by molar-refractivity contribution is -0.135. The summed E-state index contributed by atoms with van der Waals surface area (Å²) < 4.78 is 16.0. The second-order valence-electron chi connectivity index (χ2n) is 11.1. The predicted molar refractivity (Wildman–Crippen MR) is 167 cm³/mol. The fourth-order valence-electron chi connectivity index (χ4n) is 5.73. The summed E-state index contributed by atoms with van der Waals surface area (Å²) in [5.74, 6) is -1.32. The minimum Gasteiger partial charge on any atom is -0.493 e. The average molecular weight is 603 g/mol. The first-order valence-electron chi connectivity index (χ1n) is 15.1. The number of likely N-dealkylation sites (tertiary alicyclic amines) is 1. The Morgan fingerprint density at radius 1 is 0.841 bits per heavy atom. The number of hydrogen-bond acceptors (Lipinski definition) is 7. The first-order chi connectivity index (χ1) is 21.3. The number of aryl methyl sites for hydroxylation is 2. The molecule has 234 valence electrons. The monoisotopic (exact) mass is 602 g/mol. The van der Waals surface area contributed by atoms with Crippen molar-refractivity contribution in [3.63, 3.8) is 0 Å². The Kier molecular flexibility index (Phi) is 11.8. The maximum absolute atomic E-state index is 13.6. The molecule has 2 amide bonds. The van der Waals surface area contributed by atoms with E-state index in [-0.39, 0.29) is 42.0 Å². The summed E-state index contributed by atoms with van der Waals surface area (Å²) in [5.41, 5.74) is 2.51. The van der Waals surface area contributed by atoms with Gasteiger partial charge in [0.2, 0.25) is 11.7 Å². The van der Waals surface area contributed by atoms with E-state index in [0.717, 1.165) is 38.5 Å². The van der Waals surface area contributed by atoms with Crippen molar-refractivity contribution in [1.29, 1.82) is 0 Å². The van der Waals surface area contributed by atoms with Crippen LogP contribution in [0.3, 0.4) is 0 Å². The third-order valence-corrected chi connectivity index (χ3v) is 8.03. The highest BCUT2D eigenvalue weighted by Crippen LogP contribution is 2.38. The molecule has 1 fully saturated rings. The first-order valence-corrected chi connectivity index (χ1v) is 15.1. The van der Waals surface area contributed by atoms with Gasteiger partial charge in [0.05, 0.1) is 27.4 Å². The number of methoxy groups -OCH3 is 3. The largest absolute Gasteiger partial charge is 0.493 e. The lowest BCUT2D eigenvalue weighted by Crippen LogP contribution is -2.50. The fraction of sp³-hybridized carbons (Fsp3) is 0.400. The molecule has 9 heteroatoms. The number of amides is 2. The van der Waals surface area contributed by atoms with Crippen LogP contribution >= 0.6 is 0 Å². The number of Topliss-reactive ketones (excluding diaryl/α,β-unsaturated/α-hetero) is 1. The number of β-amino-alcohol motifs (C(OH)–C–C–N with tert-alkyl or cyclic N) is 1. The van der Waals surface area contributed by atoms with Crippen LogP contribution in [0, 0.1) is 0 Å². The molecular weight excluding hydrogens is 560 g/mol. The van der Waals surface area contributed by atoms with Gasteiger partial charge in [-0.25, -0.2) is 0 Å². The van der Waals surface area contributed by atoms with Crippen molar-refractivity contribution >= 4 is 17.6 Å². The minimum absolute atomic E-state index is 0.0322. The van der Waals surface area contributed by atoms with Crippen molar-refractivity contribution in [1.82, 2.24) is 10.2 Å². The smallest absolute Gasteiger partial charge is 0.295 e. The van der Waals surface area contributed by atoms with Gasteiger partial charge in [0.25, 0.3) is 11.7 Å². The van der Waals surface area contributed by atoms with Gasteiger partial charge in [-0.3, -0.25) is 14.4 Å². The number of rotatable bonds is 15. The van der Waals surface area contributed by atoms with Crippen LogP contribution in [0.5, 0.6) is 17.2 Å². The predicted octanol–water partition coefficient (Wildman–Crippen LogP) is 4.39. The van der Waals surface area contributed by atoms with Crippen molar-refractivity contribution in [3.05, 3.63) is 89.5 Å². The standard InChI is InChI=1S/C35H42N2O7/c1-42-30-20-26(21-31(43-2)33(30)44-3)32(39)35(41)37-23-28(38)22-29(37)34(40)36-27(18-10-16-24-12-6-4-7-13-24)19-11-17-25-14-8-5-9-15-25/h4-9,12-15,20-21,27-29,38H,10-11,16-19,22-23H2,1-3H3,(H,36,40)/t28-,29?/m1/s1. The molecule has 0 radical (unpaired) electrons. The van der Waals surface area contributed by atoms with E-state index in [1.54, 1.807) is 0 Å². The Bertz CT molecular complexity index is 1330. The number of nitrogens with zero attached hydrogens (tertiary/aromatic N) is 1. The Morgan fingerprint density at radius 2 is 1.36 bits per heavy atom. The molecular formula is C35H42N2O7. The number of nitrogens with one attached hydrogen (secondary N) is 1. The molecule has 4 rings (SSSR count). The fourth-order valence-corrected chi connectivity index (χ4v) is 5.73. The highest BCUT2D eigenvalue weighted by atomic mass is 16.5. The summed E-state index contributed by atoms with van der Waals surface area (Å²) in [6.07, 6.45) is 4.22. The maximum atomic E-state index is 13.6. The highest BCUT2D eigenvalue weighted by Gasteiger charge is 2.42. The molecule has 44 heavy (non-hydrogen) atoms. The number of aliphatic hydroxyl groups is 1. The maximum Gasteiger partial charge on any atom is 0.295 e. The summed E-state index contributed by atoms with van der Waals surface area (Å²) in [4.78, 5) is 41.7. The molecule has 1 saturated heterocycles. The second kappa shape index (κ2) is 15.9. The summed E-state index contributed by atoms with van der Waals surface area (Å²) in [6, 6.07) is 22.2. The van der Waals surface area contributed by atoms with Crippen molar-refractivity contribution in [3.8, 4) is 17.2 Å². The molecule has 2 atom stereocenters. The Morgan fingerprint density at radius 3 is 1.84 bits per heavy atom. The summed E-state index contributed by atoms with van der Waals surface area (Å²) in [5, 5.41) is 13.6. The topological polar surface area (TPSA) is 114 Å². The summed E-state index contributed by atoms with van der Waals surface area (Å²) in [6.45, 7) is -0.111. The van der Waals surface area contributed by atoms with Gasteiger partial charge in [-0.1, -0.05) is 60.7 Å². The van der Waals surface area contributed by atoms with Gasteiger partial charge in [-0.2, -0.15) is 0 Å². The quantitative estimate of drug-likeness (QED) is 0.196. The van der Waals surface area contributed by atoms with Crippen LogP contribution in [0.2, 0.25) is 0 Å². The van der Waals surface area contributed by atoms with E-state index < -0.39 is 23.8 Å². The molecule has 1 unspecified atom stereocenters. The molecule has 3 aromatic rings. The van der Waals surface area contributed by atoms with Crippen molar-refractivity contribution in [2.75, 3.05) is 27.9 Å². The molecule has 0 spiro atoms. The lowest BCUT2D eigenvalue weighted by atomic mass is 9.98. The second-order valence-corrected chi connectivity index (χ2v) is 11.1. The van der Waals surface area contributed by atoms with Crippen molar-refractivity contribution < 1.29 is 33.7 Å². The van der Waals surface area contributed by atoms with Gasteiger partial charge in [-0.05, 0) is 61.8 Å². The number of aliphatic hydroxyl groups excluding tert-OH is 1. The van der Waals surface area contributed by atoms with Crippen LogP contribution in [-0.4, -0.2) is 73.7 Å². The molecule has 0 saturated carbocycles. The van der Waals surface area contributed by atoms with Gasteiger partial charge in [0, 0.05) is 24.6 Å². The van der Waals surface area contributed by atoms with Crippen LogP contribution in [0.1, 0.15) is 53.6 Å². The number of benzene rings is 3. The van der Waals surface area contributed by atoms with Gasteiger partial charge in [0.1, 0.15) is 6.04 Å². The zero-order chi connectivity index (χ0) is 31.5. The van der Waals surface area contributed by atoms with Crippen molar-refractivity contribution in [2.45, 2.75) is 63.1 Å². The van der Waals surface area contributed by atoms with Gasteiger partial charge >= 0.3 is 0 Å². The van der Waals surface area contributed by atoms with E-state index in [0.29, 0.717) is 5.75 Å². The Hall–Kier alpha value is -4.37. The van der Waals surface area contributed by atoms with Crippen LogP contribution in [0.15, 0.2) is 72.8 Å². The number of carbonyl (C=O) groups excluding carboxylic acids is 3.